The highest BCUT2D eigenvalue weighted by Gasteiger charge is 2.19. The Bertz CT molecular complexity index is 790. The molecule has 0 N–H and O–H groups in total. The summed E-state index contributed by atoms with van der Waals surface area (Å²) < 4.78 is 6.46. The molecule has 0 saturated heterocycles. The van der Waals surface area contributed by atoms with Gasteiger partial charge in [0.15, 0.2) is 5.13 Å². The van der Waals surface area contributed by atoms with E-state index in [0.717, 1.165) is 16.0 Å². The molecule has 22 heavy (non-hydrogen) atoms. The predicted octanol–water partition coefficient (Wildman–Crippen LogP) is 4.57. The Kier molecular flexibility index (Phi) is 3.98. The maximum absolute atomic E-state index is 12.0. The quantitative estimate of drug-likeness (QED) is 0.709. The fourth-order valence-electron chi connectivity index (χ4n) is 2.41. The minimum absolute atomic E-state index is 0.0402. The molecule has 114 valence electrons. The first kappa shape index (κ1) is 14.8. The lowest BCUT2D eigenvalue weighted by atomic mass is 10.0. The fourth-order valence-corrected chi connectivity index (χ4v) is 3.46. The Balaban J connectivity index is 2.03. The van der Waals surface area contributed by atoms with Crippen molar-refractivity contribution in [2.45, 2.75) is 33.2 Å². The van der Waals surface area contributed by atoms with Crippen LogP contribution < -0.4 is 4.90 Å². The summed E-state index contributed by atoms with van der Waals surface area (Å²) in [5.74, 6) is 1.11. The number of nitrogens with zero attached hydrogens (tertiary/aromatic N) is 2. The number of hydrogen-bond donors (Lipinski definition) is 0. The highest BCUT2D eigenvalue weighted by molar-refractivity contribution is 7.22. The first-order valence-electron chi connectivity index (χ1n) is 7.26. The molecule has 0 spiro atoms. The minimum atomic E-state index is -0.0402. The fraction of sp³-hybridized carbons (Fsp3) is 0.294. The lowest BCUT2D eigenvalue weighted by Gasteiger charge is -2.16. The summed E-state index contributed by atoms with van der Waals surface area (Å²) in [5, 5.41) is 0.715. The number of amides is 1. The second kappa shape index (κ2) is 5.93. The molecule has 3 aromatic rings. The molecule has 2 aromatic heterocycles. The van der Waals surface area contributed by atoms with Crippen LogP contribution >= 0.6 is 11.3 Å². The van der Waals surface area contributed by atoms with Crippen molar-refractivity contribution >= 4 is 32.6 Å². The van der Waals surface area contributed by atoms with Crippen molar-refractivity contribution in [3.05, 3.63) is 47.9 Å². The average Bonchev–Trinajstić information content (AvgIpc) is 3.12. The van der Waals surface area contributed by atoms with E-state index in [1.165, 1.54) is 16.9 Å². The number of anilines is 1. The summed E-state index contributed by atoms with van der Waals surface area (Å²) in [5.41, 5.74) is 2.20. The number of rotatable bonds is 4. The van der Waals surface area contributed by atoms with Gasteiger partial charge in [-0.25, -0.2) is 4.98 Å². The minimum Gasteiger partial charge on any atom is -0.467 e. The van der Waals surface area contributed by atoms with Gasteiger partial charge in [0, 0.05) is 6.92 Å². The van der Waals surface area contributed by atoms with Gasteiger partial charge in [-0.15, -0.1) is 0 Å². The Hall–Kier alpha value is -2.14. The van der Waals surface area contributed by atoms with Crippen LogP contribution in [0.2, 0.25) is 0 Å². The summed E-state index contributed by atoms with van der Waals surface area (Å²) in [6.07, 6.45) is 1.61. The Labute approximate surface area is 133 Å². The van der Waals surface area contributed by atoms with Crippen LogP contribution in [0.3, 0.4) is 0 Å². The molecule has 1 aromatic carbocycles. The Morgan fingerprint density at radius 3 is 2.77 bits per heavy atom. The highest BCUT2D eigenvalue weighted by atomic mass is 32.1. The number of carbonyl (C=O) groups is 1. The van der Waals surface area contributed by atoms with Crippen LogP contribution in [0.25, 0.3) is 10.2 Å². The average molecular weight is 314 g/mol. The van der Waals surface area contributed by atoms with E-state index in [4.69, 9.17) is 9.40 Å². The molecule has 0 bridgehead atoms. The monoisotopic (exact) mass is 314 g/mol. The zero-order valence-corrected chi connectivity index (χ0v) is 13.7. The maximum atomic E-state index is 12.0. The molecule has 2 heterocycles. The molecule has 0 unspecified atom stereocenters. The van der Waals surface area contributed by atoms with E-state index in [-0.39, 0.29) is 5.91 Å². The van der Waals surface area contributed by atoms with Crippen molar-refractivity contribution in [3.8, 4) is 0 Å². The molecule has 0 aliphatic rings. The van der Waals surface area contributed by atoms with Crippen LogP contribution in [0.15, 0.2) is 41.0 Å². The van der Waals surface area contributed by atoms with E-state index >= 15 is 0 Å². The Morgan fingerprint density at radius 2 is 2.14 bits per heavy atom. The number of thiazole rings is 1. The third kappa shape index (κ3) is 2.76. The number of hydrogen-bond acceptors (Lipinski definition) is 4. The van der Waals surface area contributed by atoms with Gasteiger partial charge in [-0.1, -0.05) is 37.3 Å². The maximum Gasteiger partial charge on any atom is 0.226 e. The van der Waals surface area contributed by atoms with Gasteiger partial charge in [0.2, 0.25) is 5.91 Å². The molecule has 3 rings (SSSR count). The topological polar surface area (TPSA) is 46.3 Å². The van der Waals surface area contributed by atoms with Crippen LogP contribution in [-0.4, -0.2) is 10.9 Å². The molecule has 0 aliphatic heterocycles. The summed E-state index contributed by atoms with van der Waals surface area (Å²) in [4.78, 5) is 18.4. The van der Waals surface area contributed by atoms with Crippen molar-refractivity contribution in [2.24, 2.45) is 0 Å². The van der Waals surface area contributed by atoms with Crippen LogP contribution in [0, 0.1) is 0 Å². The van der Waals surface area contributed by atoms with E-state index in [1.807, 2.05) is 24.3 Å². The van der Waals surface area contributed by atoms with Crippen LogP contribution in [-0.2, 0) is 11.3 Å². The van der Waals surface area contributed by atoms with Gasteiger partial charge in [0.1, 0.15) is 5.76 Å². The molecule has 0 atom stereocenters. The predicted molar refractivity (Wildman–Crippen MR) is 89.3 cm³/mol. The number of furan rings is 1. The summed E-state index contributed by atoms with van der Waals surface area (Å²) in [7, 11) is 0. The van der Waals surface area contributed by atoms with E-state index in [2.05, 4.69) is 19.9 Å². The van der Waals surface area contributed by atoms with Gasteiger partial charge >= 0.3 is 0 Å². The SMILES string of the molecule is CC(=O)N(Cc1ccco1)c1nc2c(C(C)C)cccc2s1. The normalized spacial score (nSPS) is 11.3. The van der Waals surface area contributed by atoms with Crippen molar-refractivity contribution in [3.63, 3.8) is 0 Å². The number of aromatic nitrogens is 1. The third-order valence-corrected chi connectivity index (χ3v) is 4.61. The van der Waals surface area contributed by atoms with Gasteiger partial charge in [-0.05, 0) is 29.7 Å². The zero-order valence-electron chi connectivity index (χ0n) is 12.9. The molecule has 0 radical (unpaired) electrons. The molecule has 0 aliphatic carbocycles. The highest BCUT2D eigenvalue weighted by Crippen LogP contribution is 2.34. The van der Waals surface area contributed by atoms with E-state index < -0.39 is 0 Å². The number of fused-ring (bicyclic) bond motifs is 1. The standard InChI is InChI=1S/C17H18N2O2S/c1-11(2)14-7-4-8-15-16(14)18-17(22-15)19(12(3)20)10-13-6-5-9-21-13/h4-9,11H,10H2,1-3H3. The lowest BCUT2D eigenvalue weighted by Crippen LogP contribution is -2.27. The molecular formula is C17H18N2O2S. The first-order valence-corrected chi connectivity index (χ1v) is 8.08. The largest absolute Gasteiger partial charge is 0.467 e. The second-order valence-corrected chi connectivity index (χ2v) is 6.54. The molecule has 0 fully saturated rings. The van der Waals surface area contributed by atoms with Crippen molar-refractivity contribution in [2.75, 3.05) is 4.90 Å². The Morgan fingerprint density at radius 1 is 1.32 bits per heavy atom. The van der Waals surface area contributed by atoms with Crippen LogP contribution in [0.1, 0.15) is 38.0 Å². The first-order chi connectivity index (χ1) is 10.6. The molecule has 5 heteroatoms. The van der Waals surface area contributed by atoms with Crippen molar-refractivity contribution < 1.29 is 9.21 Å². The lowest BCUT2D eigenvalue weighted by molar-refractivity contribution is -0.116. The van der Waals surface area contributed by atoms with Crippen LogP contribution in [0.5, 0.6) is 0 Å². The summed E-state index contributed by atoms with van der Waals surface area (Å²) in [6.45, 7) is 6.26. The summed E-state index contributed by atoms with van der Waals surface area (Å²) >= 11 is 1.54. The van der Waals surface area contributed by atoms with Crippen molar-refractivity contribution in [1.29, 1.82) is 0 Å². The molecule has 4 nitrogen and oxygen atoms in total. The molecule has 1 amide bonds. The van der Waals surface area contributed by atoms with Gasteiger partial charge in [0.25, 0.3) is 0 Å². The van der Waals surface area contributed by atoms with E-state index in [9.17, 15) is 4.79 Å². The zero-order chi connectivity index (χ0) is 15.7. The van der Waals surface area contributed by atoms with Gasteiger partial charge in [-0.2, -0.15) is 0 Å². The third-order valence-electron chi connectivity index (χ3n) is 3.57. The van der Waals surface area contributed by atoms with E-state index in [1.54, 1.807) is 18.1 Å². The molecular weight excluding hydrogens is 296 g/mol. The van der Waals surface area contributed by atoms with Gasteiger partial charge in [-0.3, -0.25) is 9.69 Å². The molecule has 0 saturated carbocycles. The van der Waals surface area contributed by atoms with E-state index in [0.29, 0.717) is 17.6 Å². The van der Waals surface area contributed by atoms with Crippen LogP contribution in [0.4, 0.5) is 5.13 Å². The number of carbonyl (C=O) groups excluding carboxylic acids is 1. The smallest absolute Gasteiger partial charge is 0.226 e. The number of benzene rings is 1. The van der Waals surface area contributed by atoms with Gasteiger partial charge in [0.05, 0.1) is 23.0 Å². The number of para-hydroxylation sites is 1. The van der Waals surface area contributed by atoms with Gasteiger partial charge < -0.3 is 4.42 Å². The summed E-state index contributed by atoms with van der Waals surface area (Å²) in [6, 6.07) is 9.88. The van der Waals surface area contributed by atoms with Crippen molar-refractivity contribution in [1.82, 2.24) is 4.98 Å². The second-order valence-electron chi connectivity index (χ2n) is 5.53.